The Balaban J connectivity index is 1.72. The molecule has 1 heterocycles. The Hall–Kier alpha value is -1.38. The van der Waals surface area contributed by atoms with E-state index in [1.807, 2.05) is 0 Å². The summed E-state index contributed by atoms with van der Waals surface area (Å²) in [6.45, 7) is 0.454. The highest BCUT2D eigenvalue weighted by molar-refractivity contribution is 7.89. The van der Waals surface area contributed by atoms with Crippen LogP contribution in [0.15, 0.2) is 41.3 Å². The third-order valence-corrected chi connectivity index (χ3v) is 7.08. The van der Waals surface area contributed by atoms with E-state index in [1.54, 1.807) is 0 Å². The number of hydrogen-bond acceptors (Lipinski definition) is 3. The monoisotopic (exact) mass is 450 g/mol. The van der Waals surface area contributed by atoms with Crippen LogP contribution < -0.4 is 0 Å². The smallest absolute Gasteiger partial charge is 0.256 e. The maximum atomic E-state index is 14.0. The molecule has 0 unspecified atom stereocenters. The predicted octanol–water partition coefficient (Wildman–Crippen LogP) is 3.93. The van der Waals surface area contributed by atoms with Crippen LogP contribution in [-0.2, 0) is 10.0 Å². The topological polar surface area (TPSA) is 57.7 Å². The zero-order valence-corrected chi connectivity index (χ0v) is 16.9. The fourth-order valence-corrected chi connectivity index (χ4v) is 4.72. The van der Waals surface area contributed by atoms with E-state index in [-0.39, 0.29) is 51.7 Å². The van der Waals surface area contributed by atoms with Crippen LogP contribution in [0.25, 0.3) is 0 Å². The maximum absolute atomic E-state index is 14.0. The van der Waals surface area contributed by atoms with Crippen molar-refractivity contribution >= 4 is 50.7 Å². The molecule has 1 amide bonds. The number of benzene rings is 2. The van der Waals surface area contributed by atoms with Gasteiger partial charge in [-0.05, 0) is 36.4 Å². The Morgan fingerprint density at radius 2 is 1.59 bits per heavy atom. The Labute approximate surface area is 171 Å². The summed E-state index contributed by atoms with van der Waals surface area (Å²) in [7, 11) is -3.77. The minimum absolute atomic E-state index is 0.0282. The number of halogens is 4. The van der Waals surface area contributed by atoms with Gasteiger partial charge in [0, 0.05) is 31.2 Å². The number of piperazine rings is 1. The van der Waals surface area contributed by atoms with Crippen LogP contribution in [0.1, 0.15) is 10.4 Å². The second-order valence-corrected chi connectivity index (χ2v) is 9.09. The van der Waals surface area contributed by atoms with Crippen molar-refractivity contribution in [3.8, 4) is 0 Å². The van der Waals surface area contributed by atoms with Gasteiger partial charge in [0.1, 0.15) is 5.82 Å². The van der Waals surface area contributed by atoms with Crippen LogP contribution >= 0.6 is 34.8 Å². The second-order valence-electron chi connectivity index (χ2n) is 5.90. The lowest BCUT2D eigenvalue weighted by Gasteiger charge is -2.34. The fraction of sp³-hybridized carbons (Fsp3) is 0.235. The number of carbonyl (C=O) groups is 1. The quantitative estimate of drug-likeness (QED) is 0.710. The molecule has 10 heteroatoms. The van der Waals surface area contributed by atoms with E-state index in [4.69, 9.17) is 34.8 Å². The summed E-state index contributed by atoms with van der Waals surface area (Å²) < 4.78 is 40.7. The summed E-state index contributed by atoms with van der Waals surface area (Å²) in [5.74, 6) is -1.21. The fourth-order valence-electron chi connectivity index (χ4n) is 2.75. The Kier molecular flexibility index (Phi) is 5.98. The van der Waals surface area contributed by atoms with E-state index in [0.29, 0.717) is 0 Å². The number of carbonyl (C=O) groups excluding carboxylic acids is 1. The first-order chi connectivity index (χ1) is 12.7. The molecule has 2 aromatic rings. The van der Waals surface area contributed by atoms with E-state index < -0.39 is 21.7 Å². The summed E-state index contributed by atoms with van der Waals surface area (Å²) in [5, 5.41) is 0.599. The van der Waals surface area contributed by atoms with E-state index in [2.05, 4.69) is 0 Å². The molecule has 1 saturated heterocycles. The molecule has 0 aromatic heterocycles. The summed E-state index contributed by atoms with van der Waals surface area (Å²) in [6.07, 6.45) is 0. The summed E-state index contributed by atoms with van der Waals surface area (Å²) in [6, 6.07) is 7.91. The maximum Gasteiger partial charge on any atom is 0.256 e. The molecule has 0 spiro atoms. The molecule has 0 bridgehead atoms. The molecular formula is C17H14Cl3FN2O3S. The molecule has 1 fully saturated rings. The van der Waals surface area contributed by atoms with Gasteiger partial charge < -0.3 is 4.90 Å². The normalized spacial score (nSPS) is 15.8. The highest BCUT2D eigenvalue weighted by atomic mass is 35.5. The third-order valence-electron chi connectivity index (χ3n) is 4.22. The number of nitrogens with zero attached hydrogens (tertiary/aromatic N) is 2. The van der Waals surface area contributed by atoms with Crippen LogP contribution in [0, 0.1) is 5.82 Å². The van der Waals surface area contributed by atoms with Gasteiger partial charge in [-0.15, -0.1) is 0 Å². The lowest BCUT2D eigenvalue weighted by molar-refractivity contribution is 0.0693. The average Bonchev–Trinajstić information content (AvgIpc) is 2.63. The van der Waals surface area contributed by atoms with Crippen molar-refractivity contribution in [2.45, 2.75) is 4.90 Å². The molecule has 1 aliphatic heterocycles. The number of amides is 1. The molecule has 27 heavy (non-hydrogen) atoms. The minimum atomic E-state index is -3.77. The van der Waals surface area contributed by atoms with Crippen molar-refractivity contribution in [1.82, 2.24) is 9.21 Å². The van der Waals surface area contributed by atoms with E-state index in [1.165, 1.54) is 39.5 Å². The molecule has 2 aromatic carbocycles. The molecule has 0 aliphatic carbocycles. The summed E-state index contributed by atoms with van der Waals surface area (Å²) in [5.41, 5.74) is -0.0970. The van der Waals surface area contributed by atoms with Gasteiger partial charge in [-0.25, -0.2) is 12.8 Å². The molecule has 0 N–H and O–H groups in total. The summed E-state index contributed by atoms with van der Waals surface area (Å²) >= 11 is 17.4. The van der Waals surface area contributed by atoms with Crippen LogP contribution in [0.5, 0.6) is 0 Å². The van der Waals surface area contributed by atoms with Crippen LogP contribution in [0.3, 0.4) is 0 Å². The van der Waals surface area contributed by atoms with Crippen molar-refractivity contribution in [3.05, 3.63) is 62.8 Å². The van der Waals surface area contributed by atoms with Crippen LogP contribution in [0.4, 0.5) is 4.39 Å². The van der Waals surface area contributed by atoms with Crippen LogP contribution in [0.2, 0.25) is 15.1 Å². The van der Waals surface area contributed by atoms with E-state index >= 15 is 0 Å². The molecule has 0 radical (unpaired) electrons. The summed E-state index contributed by atoms with van der Waals surface area (Å²) in [4.78, 5) is 13.9. The van der Waals surface area contributed by atoms with Crippen molar-refractivity contribution in [2.75, 3.05) is 26.2 Å². The van der Waals surface area contributed by atoms with Gasteiger partial charge >= 0.3 is 0 Å². The zero-order chi connectivity index (χ0) is 19.8. The van der Waals surface area contributed by atoms with Gasteiger partial charge in [0.05, 0.1) is 20.5 Å². The van der Waals surface area contributed by atoms with Crippen LogP contribution in [-0.4, -0.2) is 49.7 Å². The van der Waals surface area contributed by atoms with Crippen molar-refractivity contribution in [2.24, 2.45) is 0 Å². The highest BCUT2D eigenvalue weighted by Gasteiger charge is 2.31. The SMILES string of the molecule is O=C(c1ccc(Cl)cc1F)N1CCN(S(=O)(=O)c2ccc(Cl)c(Cl)c2)CC1. The predicted molar refractivity (Wildman–Crippen MR) is 103 cm³/mol. The molecule has 144 valence electrons. The number of rotatable bonds is 3. The molecule has 0 saturated carbocycles. The molecule has 3 rings (SSSR count). The Bertz CT molecular complexity index is 993. The Morgan fingerprint density at radius 3 is 2.19 bits per heavy atom. The van der Waals surface area contributed by atoms with Crippen molar-refractivity contribution in [1.29, 1.82) is 0 Å². The van der Waals surface area contributed by atoms with Crippen molar-refractivity contribution < 1.29 is 17.6 Å². The van der Waals surface area contributed by atoms with E-state index in [0.717, 1.165) is 6.07 Å². The molecule has 0 atom stereocenters. The second kappa shape index (κ2) is 7.93. The minimum Gasteiger partial charge on any atom is -0.336 e. The average molecular weight is 452 g/mol. The molecule has 1 aliphatic rings. The van der Waals surface area contributed by atoms with Gasteiger partial charge in [0.15, 0.2) is 0 Å². The van der Waals surface area contributed by atoms with E-state index in [9.17, 15) is 17.6 Å². The van der Waals surface area contributed by atoms with Gasteiger partial charge in [-0.2, -0.15) is 4.31 Å². The lowest BCUT2D eigenvalue weighted by Crippen LogP contribution is -2.50. The van der Waals surface area contributed by atoms with Gasteiger partial charge in [-0.1, -0.05) is 34.8 Å². The van der Waals surface area contributed by atoms with Gasteiger partial charge in [-0.3, -0.25) is 4.79 Å². The largest absolute Gasteiger partial charge is 0.336 e. The van der Waals surface area contributed by atoms with Crippen molar-refractivity contribution in [3.63, 3.8) is 0 Å². The lowest BCUT2D eigenvalue weighted by atomic mass is 10.1. The zero-order valence-electron chi connectivity index (χ0n) is 13.8. The van der Waals surface area contributed by atoms with Gasteiger partial charge in [0.2, 0.25) is 10.0 Å². The van der Waals surface area contributed by atoms with Gasteiger partial charge in [0.25, 0.3) is 5.91 Å². The Morgan fingerprint density at radius 1 is 0.926 bits per heavy atom. The highest BCUT2D eigenvalue weighted by Crippen LogP contribution is 2.27. The third kappa shape index (κ3) is 4.22. The first kappa shape index (κ1) is 20.4. The molecular weight excluding hydrogens is 438 g/mol. The molecule has 5 nitrogen and oxygen atoms in total. The standard InChI is InChI=1S/C17H14Cl3FN2O3S/c18-11-1-3-13(16(21)9-11)17(24)22-5-7-23(8-6-22)27(25,26)12-2-4-14(19)15(20)10-12/h1-4,9-10H,5-8H2. The number of sulfonamides is 1. The number of hydrogen-bond donors (Lipinski definition) is 0. The first-order valence-electron chi connectivity index (χ1n) is 7.89. The first-order valence-corrected chi connectivity index (χ1v) is 10.5.